The van der Waals surface area contributed by atoms with Crippen molar-refractivity contribution in [2.45, 2.75) is 10.3 Å². The molecule has 0 fully saturated rings. The Balaban J connectivity index is 1.70. The van der Waals surface area contributed by atoms with E-state index in [1.54, 1.807) is 46.9 Å². The van der Waals surface area contributed by atoms with Crippen LogP contribution in [0.1, 0.15) is 5.56 Å². The third kappa shape index (κ3) is 4.90. The van der Waals surface area contributed by atoms with Gasteiger partial charge in [-0.3, -0.25) is 4.79 Å². The van der Waals surface area contributed by atoms with Crippen molar-refractivity contribution in [2.24, 2.45) is 0 Å². The number of ether oxygens (including phenoxy) is 1. The first-order valence-electron chi connectivity index (χ1n) is 7.56. The van der Waals surface area contributed by atoms with Gasteiger partial charge in [-0.05, 0) is 63.3 Å². The molecular formula is C16H10ClF3IN5O2. The second kappa shape index (κ2) is 8.31. The minimum Gasteiger partial charge on any atom is -0.470 e. The molecule has 1 heterocycles. The molecule has 3 rings (SSSR count). The number of tetrazole rings is 1. The zero-order chi connectivity index (χ0) is 20.3. The summed E-state index contributed by atoms with van der Waals surface area (Å²) in [5.74, 6) is -0.279. The molecule has 1 amide bonds. The average molecular weight is 524 g/mol. The minimum absolute atomic E-state index is 0.0468. The molecule has 1 unspecified atom stereocenters. The van der Waals surface area contributed by atoms with Crippen molar-refractivity contribution >= 4 is 45.8 Å². The zero-order valence-corrected chi connectivity index (χ0v) is 16.6. The van der Waals surface area contributed by atoms with Crippen molar-refractivity contribution < 1.29 is 22.7 Å². The Morgan fingerprint density at radius 1 is 1.25 bits per heavy atom. The van der Waals surface area contributed by atoms with E-state index in [-0.39, 0.29) is 5.69 Å². The number of hydrogen-bond acceptors (Lipinski definition) is 5. The largest absolute Gasteiger partial charge is 0.470 e. The Bertz CT molecular complexity index is 985. The molecule has 0 saturated heterocycles. The molecule has 0 radical (unpaired) electrons. The predicted molar refractivity (Wildman–Crippen MR) is 103 cm³/mol. The number of hydrogen-bond donors (Lipinski definition) is 1. The van der Waals surface area contributed by atoms with Crippen LogP contribution in [0.15, 0.2) is 48.8 Å². The summed E-state index contributed by atoms with van der Waals surface area (Å²) in [5, 5.41) is 12.7. The summed E-state index contributed by atoms with van der Waals surface area (Å²) in [4.78, 5) is 12.3. The number of rotatable bonds is 5. The van der Waals surface area contributed by atoms with Gasteiger partial charge in [0.05, 0.1) is 16.3 Å². The van der Waals surface area contributed by atoms with E-state index in [0.717, 1.165) is 12.1 Å². The fourth-order valence-electron chi connectivity index (χ4n) is 2.17. The first kappa shape index (κ1) is 20.3. The summed E-state index contributed by atoms with van der Waals surface area (Å²) < 4.78 is 44.7. The van der Waals surface area contributed by atoms with Crippen LogP contribution in [-0.4, -0.2) is 30.2 Å². The lowest BCUT2D eigenvalue weighted by atomic mass is 10.2. The van der Waals surface area contributed by atoms with Gasteiger partial charge in [0.15, 0.2) is 0 Å². The molecule has 1 aromatic heterocycles. The Morgan fingerprint density at radius 2 is 2.04 bits per heavy atom. The number of nitrogens with zero attached hydrogens (tertiary/aromatic N) is 4. The number of aromatic nitrogens is 4. The molecule has 0 aliphatic carbocycles. The summed E-state index contributed by atoms with van der Waals surface area (Å²) in [5.41, 5.74) is -0.472. The third-order valence-corrected chi connectivity index (χ3v) is 4.57. The van der Waals surface area contributed by atoms with Crippen LogP contribution in [0.3, 0.4) is 0 Å². The van der Waals surface area contributed by atoms with Gasteiger partial charge < -0.3 is 10.1 Å². The molecule has 0 bridgehead atoms. The van der Waals surface area contributed by atoms with Gasteiger partial charge in [-0.15, -0.1) is 5.10 Å². The highest BCUT2D eigenvalue weighted by Gasteiger charge is 2.33. The second-order valence-corrected chi connectivity index (χ2v) is 6.91. The van der Waals surface area contributed by atoms with E-state index in [1.165, 1.54) is 17.1 Å². The topological polar surface area (TPSA) is 81.9 Å². The van der Waals surface area contributed by atoms with Crippen LogP contribution in [0.4, 0.5) is 18.9 Å². The van der Waals surface area contributed by atoms with Crippen LogP contribution in [0.25, 0.3) is 5.69 Å². The monoisotopic (exact) mass is 523 g/mol. The number of carbonyl (C=O) groups is 1. The highest BCUT2D eigenvalue weighted by Crippen LogP contribution is 2.36. The van der Waals surface area contributed by atoms with Crippen molar-refractivity contribution in [3.05, 3.63) is 59.4 Å². The number of carbonyl (C=O) groups excluding carboxylic acids is 1. The van der Waals surface area contributed by atoms with Crippen molar-refractivity contribution in [3.8, 4) is 11.4 Å². The molecule has 3 aromatic rings. The summed E-state index contributed by atoms with van der Waals surface area (Å²) in [6, 6.07) is 9.76. The average Bonchev–Trinajstić information content (AvgIpc) is 3.17. The van der Waals surface area contributed by atoms with E-state index in [9.17, 15) is 18.0 Å². The standard InChI is InChI=1S/C16H10ClF3IN5O2/c17-13-5-4-9(6-12(13)16(18,19)20)23-15(27)14(21)28-11-3-1-2-10(7-11)26-8-22-24-25-26/h1-8,14H,(H,23,27). The number of alkyl halides is 4. The lowest BCUT2D eigenvalue weighted by Gasteiger charge is -2.15. The zero-order valence-electron chi connectivity index (χ0n) is 13.7. The van der Waals surface area contributed by atoms with E-state index in [2.05, 4.69) is 20.8 Å². The van der Waals surface area contributed by atoms with E-state index in [1.807, 2.05) is 0 Å². The molecule has 2 aromatic carbocycles. The van der Waals surface area contributed by atoms with Crippen molar-refractivity contribution in [1.82, 2.24) is 20.2 Å². The molecule has 7 nitrogen and oxygen atoms in total. The molecule has 0 aliphatic rings. The van der Waals surface area contributed by atoms with Gasteiger partial charge in [0.2, 0.25) is 4.11 Å². The Labute approximate surface area is 175 Å². The number of benzene rings is 2. The highest BCUT2D eigenvalue weighted by molar-refractivity contribution is 14.1. The first-order valence-corrected chi connectivity index (χ1v) is 9.18. The smallest absolute Gasteiger partial charge is 0.417 e. The summed E-state index contributed by atoms with van der Waals surface area (Å²) in [6.07, 6.45) is -3.24. The highest BCUT2D eigenvalue weighted by atomic mass is 127. The van der Waals surface area contributed by atoms with E-state index >= 15 is 0 Å². The Hall–Kier alpha value is -2.41. The number of amides is 1. The van der Waals surface area contributed by atoms with Crippen LogP contribution in [-0.2, 0) is 11.0 Å². The van der Waals surface area contributed by atoms with Gasteiger partial charge in [0, 0.05) is 11.8 Å². The van der Waals surface area contributed by atoms with Gasteiger partial charge in [-0.1, -0.05) is 17.7 Å². The molecule has 146 valence electrons. The first-order chi connectivity index (χ1) is 13.2. The molecule has 28 heavy (non-hydrogen) atoms. The quantitative estimate of drug-likeness (QED) is 0.402. The van der Waals surface area contributed by atoms with Crippen LogP contribution in [0.5, 0.6) is 5.75 Å². The lowest BCUT2D eigenvalue weighted by molar-refractivity contribution is -0.137. The van der Waals surface area contributed by atoms with Crippen LogP contribution in [0, 0.1) is 0 Å². The minimum atomic E-state index is -4.63. The number of anilines is 1. The fourth-order valence-corrected chi connectivity index (χ4v) is 2.85. The molecule has 0 aliphatic heterocycles. The summed E-state index contributed by atoms with van der Waals surface area (Å²) >= 11 is 7.29. The van der Waals surface area contributed by atoms with Crippen molar-refractivity contribution in [3.63, 3.8) is 0 Å². The molecule has 0 spiro atoms. The Kier molecular flexibility index (Phi) is 6.03. The van der Waals surface area contributed by atoms with Gasteiger partial charge in [-0.2, -0.15) is 13.2 Å². The fraction of sp³-hybridized carbons (Fsp3) is 0.125. The molecular weight excluding hydrogens is 514 g/mol. The van der Waals surface area contributed by atoms with Gasteiger partial charge in [0.1, 0.15) is 12.1 Å². The van der Waals surface area contributed by atoms with E-state index in [4.69, 9.17) is 16.3 Å². The summed E-state index contributed by atoms with van der Waals surface area (Å²) in [6.45, 7) is 0. The molecule has 1 atom stereocenters. The second-order valence-electron chi connectivity index (χ2n) is 5.37. The Morgan fingerprint density at radius 3 is 2.71 bits per heavy atom. The molecule has 1 N–H and O–H groups in total. The van der Waals surface area contributed by atoms with Crippen LogP contribution in [0.2, 0.25) is 5.02 Å². The third-order valence-electron chi connectivity index (χ3n) is 3.42. The maximum atomic E-state index is 12.9. The van der Waals surface area contributed by atoms with Gasteiger partial charge in [0.25, 0.3) is 5.91 Å². The predicted octanol–water partition coefficient (Wildman–Crippen LogP) is 4.11. The van der Waals surface area contributed by atoms with Gasteiger partial charge >= 0.3 is 6.18 Å². The van der Waals surface area contributed by atoms with Crippen LogP contribution >= 0.6 is 34.2 Å². The number of halogens is 5. The van der Waals surface area contributed by atoms with Crippen molar-refractivity contribution in [2.75, 3.05) is 5.32 Å². The normalized spacial score (nSPS) is 12.5. The SMILES string of the molecule is O=C(Nc1ccc(Cl)c(C(F)(F)F)c1)C(I)Oc1cccc(-n2cnnn2)c1. The van der Waals surface area contributed by atoms with Crippen LogP contribution < -0.4 is 10.1 Å². The molecule has 12 heteroatoms. The number of nitrogens with one attached hydrogen (secondary N) is 1. The maximum absolute atomic E-state index is 12.9. The lowest BCUT2D eigenvalue weighted by Crippen LogP contribution is -2.27. The maximum Gasteiger partial charge on any atom is 0.417 e. The van der Waals surface area contributed by atoms with E-state index in [0.29, 0.717) is 11.4 Å². The van der Waals surface area contributed by atoms with Crippen molar-refractivity contribution in [1.29, 1.82) is 0 Å². The van der Waals surface area contributed by atoms with Gasteiger partial charge in [-0.25, -0.2) is 4.68 Å². The molecule has 0 saturated carbocycles. The summed E-state index contributed by atoms with van der Waals surface area (Å²) in [7, 11) is 0. The van der Waals surface area contributed by atoms with E-state index < -0.39 is 26.8 Å².